The molecular weight excluding hydrogens is 248 g/mol. The second-order valence-corrected chi connectivity index (χ2v) is 4.08. The molecule has 0 aliphatic heterocycles. The fourth-order valence-corrected chi connectivity index (χ4v) is 1.41. The number of aromatic carboxylic acids is 1. The number of rotatable bonds is 6. The molecule has 6 nitrogen and oxygen atoms in total. The topological polar surface area (TPSA) is 78.9 Å². The van der Waals surface area contributed by atoms with E-state index in [2.05, 4.69) is 5.32 Å². The molecule has 0 aliphatic carbocycles. The molecule has 0 radical (unpaired) electrons. The molecule has 1 aromatic carbocycles. The van der Waals surface area contributed by atoms with Gasteiger partial charge in [-0.15, -0.1) is 0 Å². The van der Waals surface area contributed by atoms with Crippen LogP contribution >= 0.6 is 0 Å². The summed E-state index contributed by atoms with van der Waals surface area (Å²) in [5, 5.41) is 11.5. The van der Waals surface area contributed by atoms with E-state index in [1.165, 1.54) is 17.0 Å². The summed E-state index contributed by atoms with van der Waals surface area (Å²) in [4.78, 5) is 23.9. The van der Waals surface area contributed by atoms with Crippen LogP contribution in [0.2, 0.25) is 0 Å². The summed E-state index contributed by atoms with van der Waals surface area (Å²) in [6, 6.07) is 6.19. The fraction of sp³-hybridized carbons (Fsp3) is 0.385. The quantitative estimate of drug-likeness (QED) is 0.810. The molecular formula is C13H18N2O4. The number of ether oxygens (including phenoxy) is 1. The van der Waals surface area contributed by atoms with Gasteiger partial charge in [0.05, 0.1) is 12.2 Å². The fourth-order valence-electron chi connectivity index (χ4n) is 1.41. The first-order valence-corrected chi connectivity index (χ1v) is 5.84. The average Bonchev–Trinajstić information content (AvgIpc) is 2.42. The van der Waals surface area contributed by atoms with Crippen LogP contribution in [-0.2, 0) is 11.3 Å². The van der Waals surface area contributed by atoms with E-state index in [0.29, 0.717) is 19.7 Å². The molecule has 2 N–H and O–H groups in total. The van der Waals surface area contributed by atoms with Gasteiger partial charge in [0.15, 0.2) is 0 Å². The Bertz CT molecular complexity index is 431. The Labute approximate surface area is 112 Å². The first-order chi connectivity index (χ1) is 9.04. The highest BCUT2D eigenvalue weighted by Crippen LogP contribution is 2.04. The SMILES string of the molecule is COCCN(C)C(=O)NCc1ccc(C(=O)O)cc1. The lowest BCUT2D eigenvalue weighted by Gasteiger charge is -2.17. The zero-order valence-corrected chi connectivity index (χ0v) is 11.0. The highest BCUT2D eigenvalue weighted by molar-refractivity contribution is 5.87. The van der Waals surface area contributed by atoms with Crippen LogP contribution < -0.4 is 5.32 Å². The van der Waals surface area contributed by atoms with E-state index in [1.807, 2.05) is 0 Å². The Morgan fingerprint density at radius 2 is 1.95 bits per heavy atom. The molecule has 0 spiro atoms. The molecule has 1 rings (SSSR count). The van der Waals surface area contributed by atoms with Gasteiger partial charge in [-0.2, -0.15) is 0 Å². The lowest BCUT2D eigenvalue weighted by molar-refractivity contribution is 0.0697. The maximum absolute atomic E-state index is 11.7. The minimum Gasteiger partial charge on any atom is -0.478 e. The number of hydrogen-bond donors (Lipinski definition) is 2. The summed E-state index contributed by atoms with van der Waals surface area (Å²) in [6.07, 6.45) is 0. The number of urea groups is 1. The third-order valence-electron chi connectivity index (χ3n) is 2.62. The van der Waals surface area contributed by atoms with Crippen molar-refractivity contribution in [2.75, 3.05) is 27.3 Å². The molecule has 6 heteroatoms. The van der Waals surface area contributed by atoms with Crippen LogP contribution in [0.25, 0.3) is 0 Å². The van der Waals surface area contributed by atoms with Crippen molar-refractivity contribution in [3.05, 3.63) is 35.4 Å². The first-order valence-electron chi connectivity index (χ1n) is 5.84. The zero-order valence-electron chi connectivity index (χ0n) is 11.0. The Morgan fingerprint density at radius 3 is 2.47 bits per heavy atom. The lowest BCUT2D eigenvalue weighted by Crippen LogP contribution is -2.38. The molecule has 0 unspecified atom stereocenters. The van der Waals surface area contributed by atoms with Gasteiger partial charge in [0.25, 0.3) is 0 Å². The Balaban J connectivity index is 2.43. The number of carboxylic acid groups (broad SMARTS) is 1. The van der Waals surface area contributed by atoms with Crippen LogP contribution in [-0.4, -0.2) is 49.3 Å². The third-order valence-corrected chi connectivity index (χ3v) is 2.62. The molecule has 0 bridgehead atoms. The molecule has 2 amide bonds. The van der Waals surface area contributed by atoms with Crippen LogP contribution in [0.3, 0.4) is 0 Å². The zero-order chi connectivity index (χ0) is 14.3. The molecule has 0 heterocycles. The lowest BCUT2D eigenvalue weighted by atomic mass is 10.1. The van der Waals surface area contributed by atoms with E-state index >= 15 is 0 Å². The molecule has 19 heavy (non-hydrogen) atoms. The number of nitrogens with one attached hydrogen (secondary N) is 1. The van der Waals surface area contributed by atoms with Crippen molar-refractivity contribution in [3.8, 4) is 0 Å². The van der Waals surface area contributed by atoms with Gasteiger partial charge in [-0.1, -0.05) is 12.1 Å². The van der Waals surface area contributed by atoms with Crippen molar-refractivity contribution in [3.63, 3.8) is 0 Å². The predicted molar refractivity (Wildman–Crippen MR) is 70.1 cm³/mol. The Morgan fingerprint density at radius 1 is 1.32 bits per heavy atom. The number of benzene rings is 1. The number of hydrogen-bond acceptors (Lipinski definition) is 3. The number of carbonyl (C=O) groups excluding carboxylic acids is 1. The molecule has 0 saturated carbocycles. The minimum absolute atomic E-state index is 0.195. The number of methoxy groups -OCH3 is 1. The second-order valence-electron chi connectivity index (χ2n) is 4.08. The number of carbonyl (C=O) groups is 2. The largest absolute Gasteiger partial charge is 0.478 e. The average molecular weight is 266 g/mol. The molecule has 0 aliphatic rings. The molecule has 0 atom stereocenters. The van der Waals surface area contributed by atoms with E-state index in [1.54, 1.807) is 26.3 Å². The molecule has 0 fully saturated rings. The second kappa shape index (κ2) is 7.38. The van der Waals surface area contributed by atoms with Gasteiger partial charge >= 0.3 is 12.0 Å². The molecule has 0 saturated heterocycles. The predicted octanol–water partition coefficient (Wildman–Crippen LogP) is 1.17. The van der Waals surface area contributed by atoms with Crippen LogP contribution in [0.5, 0.6) is 0 Å². The van der Waals surface area contributed by atoms with Crippen molar-refractivity contribution < 1.29 is 19.4 Å². The van der Waals surface area contributed by atoms with Crippen LogP contribution in [0.4, 0.5) is 4.79 Å². The maximum atomic E-state index is 11.7. The van der Waals surface area contributed by atoms with Crippen LogP contribution in [0, 0.1) is 0 Å². The van der Waals surface area contributed by atoms with Crippen molar-refractivity contribution >= 4 is 12.0 Å². The summed E-state index contributed by atoms with van der Waals surface area (Å²) in [7, 11) is 3.26. The van der Waals surface area contributed by atoms with Crippen molar-refractivity contribution in [1.82, 2.24) is 10.2 Å². The van der Waals surface area contributed by atoms with Gasteiger partial charge in [0.1, 0.15) is 0 Å². The van der Waals surface area contributed by atoms with Crippen molar-refractivity contribution in [2.45, 2.75) is 6.54 Å². The highest BCUT2D eigenvalue weighted by Gasteiger charge is 2.07. The third kappa shape index (κ3) is 4.97. The van der Waals surface area contributed by atoms with Gasteiger partial charge in [-0.05, 0) is 17.7 Å². The summed E-state index contributed by atoms with van der Waals surface area (Å²) < 4.78 is 4.88. The van der Waals surface area contributed by atoms with Gasteiger partial charge in [0.2, 0.25) is 0 Å². The van der Waals surface area contributed by atoms with Gasteiger partial charge < -0.3 is 20.1 Å². The molecule has 104 valence electrons. The normalized spacial score (nSPS) is 10.0. The number of nitrogens with zero attached hydrogens (tertiary/aromatic N) is 1. The Hall–Kier alpha value is -2.08. The van der Waals surface area contributed by atoms with E-state index in [4.69, 9.17) is 9.84 Å². The molecule has 1 aromatic rings. The number of likely N-dealkylation sites (N-methyl/N-ethyl adjacent to an activating group) is 1. The standard InChI is InChI=1S/C13H18N2O4/c1-15(7-8-19-2)13(18)14-9-10-3-5-11(6-4-10)12(16)17/h3-6H,7-9H2,1-2H3,(H,14,18)(H,16,17). The Kier molecular flexibility index (Phi) is 5.81. The minimum atomic E-state index is -0.963. The highest BCUT2D eigenvalue weighted by atomic mass is 16.5. The summed E-state index contributed by atoms with van der Waals surface area (Å²) in [5.74, 6) is -0.963. The van der Waals surface area contributed by atoms with E-state index in [-0.39, 0.29) is 11.6 Å². The van der Waals surface area contributed by atoms with Crippen molar-refractivity contribution in [2.24, 2.45) is 0 Å². The van der Waals surface area contributed by atoms with Crippen LogP contribution in [0.1, 0.15) is 15.9 Å². The van der Waals surface area contributed by atoms with Crippen LogP contribution in [0.15, 0.2) is 24.3 Å². The summed E-state index contributed by atoms with van der Waals surface area (Å²) in [5.41, 5.74) is 1.07. The van der Waals surface area contributed by atoms with Gasteiger partial charge in [-0.25, -0.2) is 9.59 Å². The summed E-state index contributed by atoms with van der Waals surface area (Å²) in [6.45, 7) is 1.35. The number of amides is 2. The number of carboxylic acids is 1. The van der Waals surface area contributed by atoms with E-state index in [0.717, 1.165) is 5.56 Å². The van der Waals surface area contributed by atoms with Gasteiger partial charge in [-0.3, -0.25) is 0 Å². The maximum Gasteiger partial charge on any atom is 0.335 e. The van der Waals surface area contributed by atoms with E-state index < -0.39 is 5.97 Å². The monoisotopic (exact) mass is 266 g/mol. The smallest absolute Gasteiger partial charge is 0.335 e. The van der Waals surface area contributed by atoms with Gasteiger partial charge in [0, 0.05) is 27.2 Å². The summed E-state index contributed by atoms with van der Waals surface area (Å²) >= 11 is 0. The first kappa shape index (κ1) is 15.0. The molecule has 0 aromatic heterocycles. The van der Waals surface area contributed by atoms with E-state index in [9.17, 15) is 9.59 Å². The van der Waals surface area contributed by atoms with Crippen molar-refractivity contribution in [1.29, 1.82) is 0 Å².